The van der Waals surface area contributed by atoms with E-state index >= 15 is 0 Å². The zero-order valence-corrected chi connectivity index (χ0v) is 14.5. The molecule has 0 saturated carbocycles. The van der Waals surface area contributed by atoms with E-state index in [9.17, 15) is 4.79 Å². The fraction of sp³-hybridized carbons (Fsp3) is 0.368. The summed E-state index contributed by atoms with van der Waals surface area (Å²) in [4.78, 5) is 18.5. The summed E-state index contributed by atoms with van der Waals surface area (Å²) < 4.78 is 5.22. The summed E-state index contributed by atoms with van der Waals surface area (Å²) in [6.07, 6.45) is 1.78. The van der Waals surface area contributed by atoms with Gasteiger partial charge in [0.1, 0.15) is 5.75 Å². The maximum absolute atomic E-state index is 12.2. The number of methoxy groups -OCH3 is 1. The molecule has 0 saturated heterocycles. The maximum atomic E-state index is 12.2. The number of aromatic nitrogens is 1. The van der Waals surface area contributed by atoms with E-state index in [0.717, 1.165) is 17.0 Å². The van der Waals surface area contributed by atoms with Crippen molar-refractivity contribution in [1.82, 2.24) is 15.2 Å². The third-order valence-corrected chi connectivity index (χ3v) is 4.07. The van der Waals surface area contributed by atoms with E-state index in [0.29, 0.717) is 19.6 Å². The van der Waals surface area contributed by atoms with Crippen LogP contribution < -0.4 is 10.1 Å². The molecule has 1 aromatic heterocycles. The van der Waals surface area contributed by atoms with Gasteiger partial charge in [-0.15, -0.1) is 0 Å². The molecule has 0 aliphatic rings. The molecule has 24 heavy (non-hydrogen) atoms. The summed E-state index contributed by atoms with van der Waals surface area (Å²) >= 11 is 0. The molecule has 0 radical (unpaired) electrons. The first-order chi connectivity index (χ1) is 11.7. The van der Waals surface area contributed by atoms with E-state index in [-0.39, 0.29) is 11.9 Å². The van der Waals surface area contributed by atoms with Gasteiger partial charge < -0.3 is 15.0 Å². The summed E-state index contributed by atoms with van der Waals surface area (Å²) in [5.41, 5.74) is 2.02. The molecule has 0 spiro atoms. The number of ether oxygens (including phenoxy) is 1. The lowest BCUT2D eigenvalue weighted by molar-refractivity contribution is 0.203. The van der Waals surface area contributed by atoms with Gasteiger partial charge in [0.25, 0.3) is 0 Å². The Labute approximate surface area is 143 Å². The largest absolute Gasteiger partial charge is 0.497 e. The molecule has 1 heterocycles. The van der Waals surface area contributed by atoms with Crippen LogP contribution in [-0.4, -0.2) is 42.7 Å². The van der Waals surface area contributed by atoms with E-state index in [1.807, 2.05) is 56.3 Å². The number of pyridine rings is 1. The van der Waals surface area contributed by atoms with Gasteiger partial charge in [-0.3, -0.25) is 4.98 Å². The van der Waals surface area contributed by atoms with Gasteiger partial charge >= 0.3 is 6.03 Å². The van der Waals surface area contributed by atoms with Crippen LogP contribution in [-0.2, 0) is 0 Å². The molecular formula is C19H25N3O2. The van der Waals surface area contributed by atoms with Gasteiger partial charge in [-0.1, -0.05) is 18.2 Å². The molecule has 0 fully saturated rings. The zero-order chi connectivity index (χ0) is 17.4. The lowest BCUT2D eigenvalue weighted by Gasteiger charge is -2.22. The van der Waals surface area contributed by atoms with Crippen LogP contribution in [0.15, 0.2) is 48.7 Å². The van der Waals surface area contributed by atoms with E-state index < -0.39 is 0 Å². The number of nitrogens with zero attached hydrogens (tertiary/aromatic N) is 2. The molecule has 1 aromatic carbocycles. The minimum Gasteiger partial charge on any atom is -0.497 e. The van der Waals surface area contributed by atoms with Crippen LogP contribution in [0.3, 0.4) is 0 Å². The molecule has 2 aromatic rings. The Morgan fingerprint density at radius 3 is 2.42 bits per heavy atom. The third kappa shape index (κ3) is 4.47. The quantitative estimate of drug-likeness (QED) is 0.849. The van der Waals surface area contributed by atoms with Crippen molar-refractivity contribution < 1.29 is 9.53 Å². The number of carbonyl (C=O) groups excluding carboxylic acids is 1. The number of rotatable bonds is 7. The van der Waals surface area contributed by atoms with E-state index in [4.69, 9.17) is 4.74 Å². The predicted molar refractivity (Wildman–Crippen MR) is 95.4 cm³/mol. The smallest absolute Gasteiger partial charge is 0.317 e. The Kier molecular flexibility index (Phi) is 6.61. The lowest BCUT2D eigenvalue weighted by atomic mass is 9.95. The second kappa shape index (κ2) is 8.91. The van der Waals surface area contributed by atoms with Crippen molar-refractivity contribution in [2.24, 2.45) is 0 Å². The van der Waals surface area contributed by atoms with Crippen LogP contribution in [0, 0.1) is 0 Å². The number of amides is 2. The third-order valence-electron chi connectivity index (χ3n) is 4.07. The molecule has 1 N–H and O–H groups in total. The van der Waals surface area contributed by atoms with Gasteiger partial charge in [-0.2, -0.15) is 0 Å². The van der Waals surface area contributed by atoms with Crippen molar-refractivity contribution >= 4 is 6.03 Å². The van der Waals surface area contributed by atoms with Crippen LogP contribution in [0.25, 0.3) is 0 Å². The van der Waals surface area contributed by atoms with Gasteiger partial charge in [0.2, 0.25) is 0 Å². The van der Waals surface area contributed by atoms with Crippen LogP contribution in [0.1, 0.15) is 31.0 Å². The van der Waals surface area contributed by atoms with Gasteiger partial charge in [0.15, 0.2) is 0 Å². The summed E-state index contributed by atoms with van der Waals surface area (Å²) in [7, 11) is 1.65. The normalized spacial score (nSPS) is 11.6. The second-order valence-corrected chi connectivity index (χ2v) is 5.44. The van der Waals surface area contributed by atoms with Gasteiger partial charge in [-0.05, 0) is 43.7 Å². The number of benzene rings is 1. The van der Waals surface area contributed by atoms with E-state index in [1.165, 1.54) is 0 Å². The van der Waals surface area contributed by atoms with Crippen molar-refractivity contribution in [3.8, 4) is 5.75 Å². The summed E-state index contributed by atoms with van der Waals surface area (Å²) in [6, 6.07) is 13.7. The first kappa shape index (κ1) is 17.8. The molecule has 5 nitrogen and oxygen atoms in total. The molecule has 1 atom stereocenters. The van der Waals surface area contributed by atoms with E-state index in [1.54, 1.807) is 18.2 Å². The topological polar surface area (TPSA) is 54.5 Å². The molecule has 2 rings (SSSR count). The van der Waals surface area contributed by atoms with Crippen molar-refractivity contribution in [3.05, 3.63) is 59.9 Å². The predicted octanol–water partition coefficient (Wildman–Crippen LogP) is 3.27. The Hall–Kier alpha value is -2.56. The summed E-state index contributed by atoms with van der Waals surface area (Å²) in [5.74, 6) is 0.808. The summed E-state index contributed by atoms with van der Waals surface area (Å²) in [5, 5.41) is 3.03. The van der Waals surface area contributed by atoms with Gasteiger partial charge in [-0.25, -0.2) is 4.79 Å². The van der Waals surface area contributed by atoms with Crippen LogP contribution in [0.5, 0.6) is 5.75 Å². The highest BCUT2D eigenvalue weighted by molar-refractivity contribution is 5.74. The SMILES string of the molecule is CCN(CC)C(=O)NCC(c1ccc(OC)cc1)c1ccccn1. The minimum atomic E-state index is -0.0468. The molecule has 5 heteroatoms. The van der Waals surface area contributed by atoms with Crippen molar-refractivity contribution in [2.75, 3.05) is 26.7 Å². The fourth-order valence-electron chi connectivity index (χ4n) is 2.62. The molecule has 128 valence electrons. The monoisotopic (exact) mass is 327 g/mol. The Balaban J connectivity index is 2.19. The van der Waals surface area contributed by atoms with Crippen LogP contribution in [0.4, 0.5) is 4.79 Å². The molecule has 2 amide bonds. The average molecular weight is 327 g/mol. The highest BCUT2D eigenvalue weighted by Crippen LogP contribution is 2.24. The number of hydrogen-bond donors (Lipinski definition) is 1. The molecule has 0 bridgehead atoms. The molecule has 1 unspecified atom stereocenters. The molecular weight excluding hydrogens is 302 g/mol. The minimum absolute atomic E-state index is 0.00313. The highest BCUT2D eigenvalue weighted by atomic mass is 16.5. The molecule has 0 aliphatic carbocycles. The average Bonchev–Trinajstić information content (AvgIpc) is 2.64. The Bertz CT molecular complexity index is 625. The number of carbonyl (C=O) groups is 1. The first-order valence-electron chi connectivity index (χ1n) is 8.27. The van der Waals surface area contributed by atoms with Gasteiger partial charge in [0, 0.05) is 37.4 Å². The Morgan fingerprint density at radius 1 is 1.17 bits per heavy atom. The zero-order valence-electron chi connectivity index (χ0n) is 14.5. The maximum Gasteiger partial charge on any atom is 0.317 e. The molecule has 0 aliphatic heterocycles. The standard InChI is InChI=1S/C19H25N3O2/c1-4-22(5-2)19(23)21-14-17(18-8-6-7-13-20-18)15-9-11-16(24-3)12-10-15/h6-13,17H,4-5,14H2,1-3H3,(H,21,23). The second-order valence-electron chi connectivity index (χ2n) is 5.44. The van der Waals surface area contributed by atoms with Crippen LogP contribution in [0.2, 0.25) is 0 Å². The number of urea groups is 1. The Morgan fingerprint density at radius 2 is 1.88 bits per heavy atom. The first-order valence-corrected chi connectivity index (χ1v) is 8.27. The van der Waals surface area contributed by atoms with Gasteiger partial charge in [0.05, 0.1) is 7.11 Å². The van der Waals surface area contributed by atoms with E-state index in [2.05, 4.69) is 10.3 Å². The highest BCUT2D eigenvalue weighted by Gasteiger charge is 2.18. The van der Waals surface area contributed by atoms with Crippen molar-refractivity contribution in [1.29, 1.82) is 0 Å². The summed E-state index contributed by atoms with van der Waals surface area (Å²) in [6.45, 7) is 5.84. The lowest BCUT2D eigenvalue weighted by Crippen LogP contribution is -2.41. The number of nitrogens with one attached hydrogen (secondary N) is 1. The fourth-order valence-corrected chi connectivity index (χ4v) is 2.62. The number of hydrogen-bond acceptors (Lipinski definition) is 3. The van der Waals surface area contributed by atoms with Crippen molar-refractivity contribution in [3.63, 3.8) is 0 Å². The van der Waals surface area contributed by atoms with Crippen molar-refractivity contribution in [2.45, 2.75) is 19.8 Å². The van der Waals surface area contributed by atoms with Crippen LogP contribution >= 0.6 is 0 Å².